The van der Waals surface area contributed by atoms with Crippen LogP contribution in [0, 0.1) is 0 Å². The standard InChI is InChI=1S/C11H18N5O14P3.C11H15N5O5/c1-15-3-16(8-5(15)9(19)14-11(12)13-8)10-7(18)6(17)4(28-10)2-27-32(23,24)30-33(25,26)29-31(20,21)22;1-15-3-16(8-5(15)9(20)14-11(12)13-8)10-7(19)6(18)4(2-17)21-10/h3-4,6-7,10,17-18H,2H2,1H3,(H6-,12,13,14,19,20,21,22,23,24,25,26);3-4,6-7,10,17-19H,2H2,1H3,(H2-,12,13,14,20)/p-2/t2*4-,6?,7+,10-/m11/s1. The van der Waals surface area contributed by atoms with Gasteiger partial charge in [0.2, 0.25) is 18.0 Å². The summed E-state index contributed by atoms with van der Waals surface area (Å²) in [6.45, 7) is -1.50. The number of aryl methyl sites for hydroxylation is 2. The van der Waals surface area contributed by atoms with E-state index in [-0.39, 0.29) is 34.2 Å². The predicted octanol–water partition coefficient (Wildman–Crippen LogP) is -8.28. The number of hydrogen-bond donors (Lipinski definition) is 9. The third-order valence-electron chi connectivity index (χ3n) is 7.74. The van der Waals surface area contributed by atoms with Gasteiger partial charge in [-0.05, 0) is 0 Å². The molecule has 300 valence electrons. The van der Waals surface area contributed by atoms with Crippen LogP contribution in [0.3, 0.4) is 0 Å². The molecular weight excluding hydrogens is 801 g/mol. The average molecular weight is 832 g/mol. The lowest BCUT2D eigenvalue weighted by molar-refractivity contribution is -0.746. The first kappa shape index (κ1) is 41.6. The number of nitrogen functional groups attached to an aromatic ring is 2. The van der Waals surface area contributed by atoms with Crippen molar-refractivity contribution in [1.29, 1.82) is 0 Å². The Labute approximate surface area is 299 Å². The fraction of sp³-hybridized carbons (Fsp3) is 0.545. The normalized spacial score (nSPS) is 28.2. The van der Waals surface area contributed by atoms with Gasteiger partial charge in [-0.25, -0.2) is 23.0 Å². The minimum atomic E-state index is -6.13. The third-order valence-corrected chi connectivity index (χ3v) is 11.4. The lowest BCUT2D eigenvalue weighted by atomic mass is 10.1. The number of H-pyrrole nitrogens is 1. The number of phosphoric ester groups is 1. The number of aromatic nitrogens is 8. The van der Waals surface area contributed by atoms with Crippen molar-refractivity contribution >= 4 is 57.7 Å². The van der Waals surface area contributed by atoms with Crippen molar-refractivity contribution in [2.24, 2.45) is 14.1 Å². The molecule has 6 heterocycles. The minimum absolute atomic E-state index is 0.0303. The number of nitrogens with two attached hydrogens (primary N) is 2. The van der Waals surface area contributed by atoms with E-state index in [9.17, 15) is 63.6 Å². The van der Waals surface area contributed by atoms with Gasteiger partial charge in [0.25, 0.3) is 25.3 Å². The number of ether oxygens (including phenoxy) is 2. The molecule has 0 amide bonds. The maximum atomic E-state index is 12.1. The van der Waals surface area contributed by atoms with Gasteiger partial charge in [-0.1, -0.05) is 9.97 Å². The molecule has 4 unspecified atom stereocenters. The Morgan fingerprint density at radius 3 is 1.93 bits per heavy atom. The number of fused-ring (bicyclic) bond motifs is 2. The fourth-order valence-corrected chi connectivity index (χ4v) is 8.43. The van der Waals surface area contributed by atoms with Gasteiger partial charge in [-0.3, -0.25) is 32.3 Å². The van der Waals surface area contributed by atoms with Crippen LogP contribution in [0.25, 0.3) is 22.3 Å². The second-order valence-electron chi connectivity index (χ2n) is 11.5. The van der Waals surface area contributed by atoms with Crippen LogP contribution in [0.2, 0.25) is 0 Å². The minimum Gasteiger partial charge on any atom is -0.856 e. The molecule has 0 bridgehead atoms. The molecule has 0 aromatic carbocycles. The van der Waals surface area contributed by atoms with Crippen LogP contribution >= 0.6 is 23.5 Å². The van der Waals surface area contributed by atoms with Gasteiger partial charge in [0.05, 0.1) is 35.1 Å². The van der Waals surface area contributed by atoms with E-state index in [1.54, 1.807) is 7.05 Å². The molecule has 2 aliphatic heterocycles. The van der Waals surface area contributed by atoms with Crippen molar-refractivity contribution in [3.8, 4) is 5.88 Å². The van der Waals surface area contributed by atoms with Crippen molar-refractivity contribution in [3.63, 3.8) is 0 Å². The first-order valence-corrected chi connectivity index (χ1v) is 19.2. The Hall–Kier alpha value is -3.57. The SMILES string of the molecule is Cn1c[n+]([C@@H]2O[C@H](CO)C(O)[C@@H]2O)c2nc(N)nc([O-])c21.Cn1c[n+]([C@@H]2O[C@H](COP(=O)(O)OP(=O)([O-])OP(=O)([O-])[O-])C(O)[C@@H]2O)c2nc(N)[nH]c(=O)c21. The molecule has 2 aliphatic rings. The van der Waals surface area contributed by atoms with Gasteiger partial charge in [0.1, 0.15) is 36.6 Å². The van der Waals surface area contributed by atoms with Crippen molar-refractivity contribution in [2.45, 2.75) is 49.1 Å². The van der Waals surface area contributed by atoms with Gasteiger partial charge < -0.3 is 75.7 Å². The molecule has 54 heavy (non-hydrogen) atoms. The van der Waals surface area contributed by atoms with Crippen LogP contribution in [0.5, 0.6) is 5.88 Å². The second kappa shape index (κ2) is 15.2. The van der Waals surface area contributed by atoms with E-state index < -0.39 is 97.2 Å². The molecule has 4 aromatic rings. The molecule has 2 saturated heterocycles. The van der Waals surface area contributed by atoms with Gasteiger partial charge in [-0.15, -0.1) is 0 Å². The van der Waals surface area contributed by atoms with E-state index in [1.165, 1.54) is 33.4 Å². The molecule has 4 aromatic heterocycles. The Morgan fingerprint density at radius 2 is 1.39 bits per heavy atom. The van der Waals surface area contributed by atoms with Gasteiger partial charge >= 0.3 is 19.1 Å². The highest BCUT2D eigenvalue weighted by Gasteiger charge is 2.49. The number of phosphoric acid groups is 3. The summed E-state index contributed by atoms with van der Waals surface area (Å²) in [5.74, 6) is -1.01. The lowest BCUT2D eigenvalue weighted by Gasteiger charge is -2.35. The fourth-order valence-electron chi connectivity index (χ4n) is 5.53. The monoisotopic (exact) mass is 832 g/mol. The first-order valence-electron chi connectivity index (χ1n) is 14.8. The zero-order chi connectivity index (χ0) is 40.2. The van der Waals surface area contributed by atoms with Gasteiger partial charge in [0, 0.05) is 5.88 Å². The van der Waals surface area contributed by atoms with E-state index in [1.807, 2.05) is 0 Å². The molecule has 32 heteroatoms. The van der Waals surface area contributed by atoms with E-state index in [2.05, 4.69) is 33.1 Å². The van der Waals surface area contributed by atoms with Crippen molar-refractivity contribution in [3.05, 3.63) is 23.0 Å². The molecule has 6 rings (SSSR count). The summed E-state index contributed by atoms with van der Waals surface area (Å²) in [7, 11) is -14.8. The number of nitrogens with one attached hydrogen (secondary N) is 1. The number of aromatic amines is 1. The zero-order valence-corrected chi connectivity index (χ0v) is 30.0. The number of imidazole rings is 2. The summed E-state index contributed by atoms with van der Waals surface area (Å²) >= 11 is 0. The largest absolute Gasteiger partial charge is 0.856 e. The maximum absolute atomic E-state index is 12.1. The Balaban J connectivity index is 0.000000228. The summed E-state index contributed by atoms with van der Waals surface area (Å²) in [5.41, 5.74) is 10.8. The highest BCUT2D eigenvalue weighted by atomic mass is 31.3. The molecule has 0 radical (unpaired) electrons. The Kier molecular flexibility index (Phi) is 11.7. The van der Waals surface area contributed by atoms with Gasteiger partial charge in [-0.2, -0.15) is 0 Å². The summed E-state index contributed by atoms with van der Waals surface area (Å²) in [5, 5.41) is 61.4. The predicted molar refractivity (Wildman–Crippen MR) is 161 cm³/mol. The summed E-state index contributed by atoms with van der Waals surface area (Å²) in [6.07, 6.45) is -8.09. The number of aliphatic hydroxyl groups is 5. The number of rotatable bonds is 10. The zero-order valence-electron chi connectivity index (χ0n) is 27.3. The third kappa shape index (κ3) is 8.62. The topological polar surface area (TPSA) is 452 Å². The van der Waals surface area contributed by atoms with Crippen LogP contribution in [0.15, 0.2) is 17.4 Å². The molecule has 10 atom stereocenters. The van der Waals surface area contributed by atoms with E-state index in [0.717, 1.165) is 4.57 Å². The molecule has 0 spiro atoms. The lowest BCUT2D eigenvalue weighted by Crippen LogP contribution is -2.46. The molecule has 11 N–H and O–H groups in total. The van der Waals surface area contributed by atoms with Gasteiger partial charge in [0.15, 0.2) is 18.2 Å². The number of anilines is 2. The first-order chi connectivity index (χ1) is 24.9. The maximum Gasteiger partial charge on any atom is 0.478 e. The highest BCUT2D eigenvalue weighted by molar-refractivity contribution is 7.65. The number of hydrogen-bond acceptors (Lipinski definition) is 23. The Morgan fingerprint density at radius 1 is 0.870 bits per heavy atom. The van der Waals surface area contributed by atoms with Crippen molar-refractivity contribution < 1.29 is 95.7 Å². The van der Waals surface area contributed by atoms with Crippen LogP contribution in [0.4, 0.5) is 11.9 Å². The molecular formula is C22H31N10O19P3-2. The smallest absolute Gasteiger partial charge is 0.478 e. The average Bonchev–Trinajstić information content (AvgIpc) is 3.71. The van der Waals surface area contributed by atoms with Crippen LogP contribution in [0.1, 0.15) is 12.5 Å². The molecule has 0 saturated carbocycles. The van der Waals surface area contributed by atoms with Crippen LogP contribution in [-0.4, -0.2) is 109 Å². The van der Waals surface area contributed by atoms with Crippen LogP contribution < -0.4 is 45.9 Å². The second-order valence-corrected chi connectivity index (χ2v) is 15.8. The molecule has 29 nitrogen and oxygen atoms in total. The van der Waals surface area contributed by atoms with Crippen molar-refractivity contribution in [1.82, 2.24) is 29.1 Å². The van der Waals surface area contributed by atoms with E-state index >= 15 is 0 Å². The summed E-state index contributed by atoms with van der Waals surface area (Å²) in [6, 6.07) is 0. The van der Waals surface area contributed by atoms with Crippen LogP contribution in [-0.2, 0) is 50.4 Å². The number of aliphatic hydroxyl groups excluding tert-OH is 5. The van der Waals surface area contributed by atoms with E-state index in [0.29, 0.717) is 0 Å². The number of nitrogens with zero attached hydrogens (tertiary/aromatic N) is 7. The molecule has 2 fully saturated rings. The van der Waals surface area contributed by atoms with Crippen molar-refractivity contribution in [2.75, 3.05) is 24.7 Å². The summed E-state index contributed by atoms with van der Waals surface area (Å²) in [4.78, 5) is 67.2. The highest BCUT2D eigenvalue weighted by Crippen LogP contribution is 2.62. The summed E-state index contributed by atoms with van der Waals surface area (Å²) < 4.78 is 60.4. The quantitative estimate of drug-likeness (QED) is 0.0529. The van der Waals surface area contributed by atoms with E-state index in [4.69, 9.17) is 26.0 Å². The Bertz CT molecular complexity index is 2250. The molecule has 0 aliphatic carbocycles.